The maximum absolute atomic E-state index is 13.3. The molecule has 1 aliphatic heterocycles. The Kier molecular flexibility index (Phi) is 6.19. The van der Waals surface area contributed by atoms with E-state index in [-0.39, 0.29) is 46.6 Å². The first-order chi connectivity index (χ1) is 15.9. The molecule has 180 valence electrons. The number of aryl methyl sites for hydroxylation is 1. The van der Waals surface area contributed by atoms with Gasteiger partial charge in [-0.2, -0.15) is 13.2 Å². The van der Waals surface area contributed by atoms with Gasteiger partial charge < -0.3 is 9.32 Å². The normalized spacial score (nSPS) is 15.9. The van der Waals surface area contributed by atoms with Crippen LogP contribution in [0.3, 0.4) is 0 Å². The molecule has 0 radical (unpaired) electrons. The van der Waals surface area contributed by atoms with E-state index in [0.717, 1.165) is 23.5 Å². The van der Waals surface area contributed by atoms with Gasteiger partial charge in [-0.05, 0) is 25.1 Å². The fourth-order valence-electron chi connectivity index (χ4n) is 3.49. The van der Waals surface area contributed by atoms with Crippen LogP contribution in [0.15, 0.2) is 40.1 Å². The summed E-state index contributed by atoms with van der Waals surface area (Å²) >= 11 is 0.984. The molecule has 12 heteroatoms. The highest BCUT2D eigenvalue weighted by atomic mass is 32.1. The predicted molar refractivity (Wildman–Crippen MR) is 114 cm³/mol. The summed E-state index contributed by atoms with van der Waals surface area (Å²) in [5.41, 5.74) is -0.568. The number of alkyl halides is 5. The van der Waals surface area contributed by atoms with Crippen LogP contribution in [0, 0.1) is 6.92 Å². The van der Waals surface area contributed by atoms with Crippen molar-refractivity contribution in [2.45, 2.75) is 31.9 Å². The summed E-state index contributed by atoms with van der Waals surface area (Å²) in [6, 6.07) is 5.87. The highest BCUT2D eigenvalue weighted by Crippen LogP contribution is 2.34. The molecule has 34 heavy (non-hydrogen) atoms. The van der Waals surface area contributed by atoms with Crippen molar-refractivity contribution < 1.29 is 36.0 Å². The molecule has 1 aliphatic rings. The molecule has 3 heterocycles. The monoisotopic (exact) mass is 499 g/mol. The number of hydrogen-bond acceptors (Lipinski definition) is 5. The number of thiazole rings is 1. The number of hydrogen-bond donors (Lipinski definition) is 1. The molecule has 1 N–H and O–H groups in total. The summed E-state index contributed by atoms with van der Waals surface area (Å²) in [6.07, 6.45) is -5.35. The zero-order valence-electron chi connectivity index (χ0n) is 17.7. The Morgan fingerprint density at radius 1 is 1.18 bits per heavy atom. The van der Waals surface area contributed by atoms with E-state index >= 15 is 0 Å². The number of rotatable bonds is 4. The third kappa shape index (κ3) is 5.11. The van der Waals surface area contributed by atoms with Gasteiger partial charge in [0, 0.05) is 36.9 Å². The second-order valence-corrected chi connectivity index (χ2v) is 8.66. The van der Waals surface area contributed by atoms with Crippen LogP contribution in [0.1, 0.15) is 45.0 Å². The second-order valence-electron chi connectivity index (χ2n) is 7.80. The SMILES string of the molecule is Cc1oc(-c2cccc(C(F)(F)F)c2)cc1C(=O)Nc1nc(C(=O)N2CCC(F)(F)CC2)cs1. The summed E-state index contributed by atoms with van der Waals surface area (Å²) in [7, 11) is 0. The largest absolute Gasteiger partial charge is 0.461 e. The van der Waals surface area contributed by atoms with E-state index in [4.69, 9.17) is 4.42 Å². The van der Waals surface area contributed by atoms with Gasteiger partial charge in [-0.3, -0.25) is 14.9 Å². The fourth-order valence-corrected chi connectivity index (χ4v) is 4.17. The lowest BCUT2D eigenvalue weighted by molar-refractivity contribution is -0.137. The number of piperidine rings is 1. The first-order valence-corrected chi connectivity index (χ1v) is 11.0. The molecular formula is C22H18F5N3O3S. The van der Waals surface area contributed by atoms with Crippen LogP contribution in [-0.4, -0.2) is 40.7 Å². The summed E-state index contributed by atoms with van der Waals surface area (Å²) in [5, 5.41) is 4.05. The van der Waals surface area contributed by atoms with Crippen molar-refractivity contribution in [2.24, 2.45) is 0 Å². The van der Waals surface area contributed by atoms with Crippen molar-refractivity contribution >= 4 is 28.3 Å². The van der Waals surface area contributed by atoms with Crippen molar-refractivity contribution in [3.63, 3.8) is 0 Å². The van der Waals surface area contributed by atoms with Crippen molar-refractivity contribution in [3.8, 4) is 11.3 Å². The number of halogens is 5. The van der Waals surface area contributed by atoms with Gasteiger partial charge in [-0.25, -0.2) is 13.8 Å². The van der Waals surface area contributed by atoms with Gasteiger partial charge in [0.15, 0.2) is 5.13 Å². The van der Waals surface area contributed by atoms with E-state index in [0.29, 0.717) is 0 Å². The van der Waals surface area contributed by atoms with Crippen LogP contribution in [0.5, 0.6) is 0 Å². The Labute approximate surface area is 194 Å². The molecule has 0 unspecified atom stereocenters. The summed E-state index contributed by atoms with van der Waals surface area (Å²) in [4.78, 5) is 30.6. The Bertz CT molecular complexity index is 1220. The van der Waals surface area contributed by atoms with Gasteiger partial charge in [-0.1, -0.05) is 12.1 Å². The van der Waals surface area contributed by atoms with Gasteiger partial charge >= 0.3 is 6.18 Å². The molecule has 6 nitrogen and oxygen atoms in total. The van der Waals surface area contributed by atoms with E-state index < -0.39 is 42.3 Å². The standard InChI is InChI=1S/C22H18F5N3O3S/c1-12-15(10-17(33-12)13-3-2-4-14(9-13)22(25,26)27)18(31)29-20-28-16(11-34-20)19(32)30-7-5-21(23,24)6-8-30/h2-4,9-11H,5-8H2,1H3,(H,28,29,31). The molecule has 1 saturated heterocycles. The lowest BCUT2D eigenvalue weighted by Crippen LogP contribution is -2.42. The quantitative estimate of drug-likeness (QED) is 0.457. The van der Waals surface area contributed by atoms with E-state index in [1.54, 1.807) is 0 Å². The first-order valence-electron chi connectivity index (χ1n) is 10.1. The number of amides is 2. The number of anilines is 1. The van der Waals surface area contributed by atoms with Gasteiger partial charge in [-0.15, -0.1) is 11.3 Å². The van der Waals surface area contributed by atoms with E-state index in [9.17, 15) is 31.5 Å². The molecule has 0 saturated carbocycles. The number of nitrogens with one attached hydrogen (secondary N) is 1. The van der Waals surface area contributed by atoms with Crippen LogP contribution < -0.4 is 5.32 Å². The summed E-state index contributed by atoms with van der Waals surface area (Å²) in [6.45, 7) is 1.32. The van der Waals surface area contributed by atoms with E-state index in [2.05, 4.69) is 10.3 Å². The zero-order valence-corrected chi connectivity index (χ0v) is 18.5. The molecule has 1 aromatic carbocycles. The molecule has 0 atom stereocenters. The first kappa shape index (κ1) is 23.9. The van der Waals surface area contributed by atoms with Crippen LogP contribution in [0.4, 0.5) is 27.1 Å². The molecule has 0 bridgehead atoms. The third-order valence-corrected chi connectivity index (χ3v) is 6.12. The molecular weight excluding hydrogens is 481 g/mol. The topological polar surface area (TPSA) is 75.4 Å². The second kappa shape index (κ2) is 8.82. The van der Waals surface area contributed by atoms with Gasteiger partial charge in [0.2, 0.25) is 0 Å². The molecule has 4 rings (SSSR count). The number of carbonyl (C=O) groups excluding carboxylic acids is 2. The molecule has 0 spiro atoms. The third-order valence-electron chi connectivity index (χ3n) is 5.36. The molecule has 1 fully saturated rings. The average Bonchev–Trinajstić information content (AvgIpc) is 3.39. The highest BCUT2D eigenvalue weighted by Gasteiger charge is 2.36. The number of aromatic nitrogens is 1. The molecule has 2 aromatic heterocycles. The van der Waals surface area contributed by atoms with Crippen LogP contribution in [0.25, 0.3) is 11.3 Å². The Morgan fingerprint density at radius 3 is 2.56 bits per heavy atom. The number of likely N-dealkylation sites (tertiary alicyclic amines) is 1. The summed E-state index contributed by atoms with van der Waals surface area (Å²) < 4.78 is 71.1. The van der Waals surface area contributed by atoms with Crippen molar-refractivity contribution in [1.82, 2.24) is 9.88 Å². The lowest BCUT2D eigenvalue weighted by atomic mass is 10.1. The highest BCUT2D eigenvalue weighted by molar-refractivity contribution is 7.14. The van der Waals surface area contributed by atoms with Crippen molar-refractivity contribution in [3.05, 3.63) is 58.3 Å². The number of nitrogens with zero attached hydrogens (tertiary/aromatic N) is 2. The average molecular weight is 499 g/mol. The van der Waals surface area contributed by atoms with Gasteiger partial charge in [0.05, 0.1) is 11.1 Å². The number of furan rings is 1. The smallest absolute Gasteiger partial charge is 0.416 e. The Morgan fingerprint density at radius 2 is 1.88 bits per heavy atom. The maximum atomic E-state index is 13.3. The maximum Gasteiger partial charge on any atom is 0.416 e. The Balaban J connectivity index is 1.46. The van der Waals surface area contributed by atoms with Crippen LogP contribution >= 0.6 is 11.3 Å². The van der Waals surface area contributed by atoms with Crippen LogP contribution in [-0.2, 0) is 6.18 Å². The fraction of sp³-hybridized carbons (Fsp3) is 0.318. The molecule has 3 aromatic rings. The number of carbonyl (C=O) groups is 2. The van der Waals surface area contributed by atoms with E-state index in [1.165, 1.54) is 35.4 Å². The van der Waals surface area contributed by atoms with Gasteiger partial charge in [0.25, 0.3) is 17.7 Å². The van der Waals surface area contributed by atoms with Gasteiger partial charge in [0.1, 0.15) is 17.2 Å². The minimum atomic E-state index is -4.52. The molecule has 2 amide bonds. The predicted octanol–water partition coefficient (Wildman–Crippen LogP) is 5.85. The minimum absolute atomic E-state index is 0.0269. The van der Waals surface area contributed by atoms with Crippen molar-refractivity contribution in [2.75, 3.05) is 18.4 Å². The lowest BCUT2D eigenvalue weighted by Gasteiger charge is -2.31. The number of benzene rings is 1. The minimum Gasteiger partial charge on any atom is -0.461 e. The Hall–Kier alpha value is -3.28. The van der Waals surface area contributed by atoms with Crippen molar-refractivity contribution in [1.29, 1.82) is 0 Å². The zero-order chi connectivity index (χ0) is 24.7. The molecule has 0 aliphatic carbocycles. The summed E-state index contributed by atoms with van der Waals surface area (Å²) in [5.74, 6) is -3.63. The van der Waals surface area contributed by atoms with E-state index in [1.807, 2.05) is 0 Å². The van der Waals surface area contributed by atoms with Crippen LogP contribution in [0.2, 0.25) is 0 Å².